The van der Waals surface area contributed by atoms with Gasteiger partial charge in [-0.1, -0.05) is 18.2 Å². The van der Waals surface area contributed by atoms with E-state index in [1.165, 1.54) is 6.07 Å². The molecule has 130 valence electrons. The number of carboxylic acids is 1. The molecule has 1 saturated carbocycles. The van der Waals surface area contributed by atoms with Gasteiger partial charge in [0.05, 0.1) is 11.5 Å². The molecule has 0 radical (unpaired) electrons. The molecule has 7 heteroatoms. The minimum atomic E-state index is -4.39. The molecule has 0 unspecified atom stereocenters. The van der Waals surface area contributed by atoms with E-state index in [1.807, 2.05) is 0 Å². The summed E-state index contributed by atoms with van der Waals surface area (Å²) in [4.78, 5) is 25.0. The Morgan fingerprint density at radius 1 is 1.17 bits per heavy atom. The Balaban J connectivity index is 1.61. The van der Waals surface area contributed by atoms with E-state index >= 15 is 0 Å². The predicted molar refractivity (Wildman–Crippen MR) is 79.2 cm³/mol. The molecule has 1 N–H and O–H groups in total. The normalized spacial score (nSPS) is 24.7. The van der Waals surface area contributed by atoms with Crippen molar-refractivity contribution in [1.29, 1.82) is 0 Å². The van der Waals surface area contributed by atoms with Crippen molar-refractivity contribution in [3.05, 3.63) is 35.4 Å². The zero-order valence-corrected chi connectivity index (χ0v) is 12.9. The van der Waals surface area contributed by atoms with Crippen LogP contribution in [-0.4, -0.2) is 35.0 Å². The lowest BCUT2D eigenvalue weighted by atomic mass is 9.96. The summed E-state index contributed by atoms with van der Waals surface area (Å²) in [5.74, 6) is -1.77. The van der Waals surface area contributed by atoms with Gasteiger partial charge in [0.1, 0.15) is 0 Å². The monoisotopic (exact) mass is 341 g/mol. The maximum atomic E-state index is 12.8. The van der Waals surface area contributed by atoms with E-state index in [4.69, 9.17) is 5.11 Å². The van der Waals surface area contributed by atoms with Crippen LogP contribution in [0.1, 0.15) is 36.3 Å². The first-order chi connectivity index (χ1) is 11.3. The van der Waals surface area contributed by atoms with Gasteiger partial charge in [0.15, 0.2) is 0 Å². The van der Waals surface area contributed by atoms with Crippen LogP contribution in [0.4, 0.5) is 13.2 Å². The van der Waals surface area contributed by atoms with Crippen LogP contribution >= 0.6 is 0 Å². The maximum Gasteiger partial charge on any atom is 0.416 e. The fraction of sp³-hybridized carbons (Fsp3) is 0.529. The molecule has 1 saturated heterocycles. The number of aliphatic carboxylic acids is 1. The Labute approximate surface area is 137 Å². The lowest BCUT2D eigenvalue weighted by molar-refractivity contribution is -0.146. The summed E-state index contributed by atoms with van der Waals surface area (Å²) >= 11 is 0. The lowest BCUT2D eigenvalue weighted by Crippen LogP contribution is -2.41. The number of carbonyl (C=O) groups is 2. The molecule has 1 amide bonds. The quantitative estimate of drug-likeness (QED) is 0.919. The Morgan fingerprint density at radius 3 is 2.42 bits per heavy atom. The molecule has 3 rings (SSSR count). The molecule has 2 fully saturated rings. The lowest BCUT2D eigenvalue weighted by Gasteiger charge is -2.30. The summed E-state index contributed by atoms with van der Waals surface area (Å²) in [7, 11) is 0. The van der Waals surface area contributed by atoms with Crippen LogP contribution in [0.15, 0.2) is 24.3 Å². The molecule has 2 aliphatic rings. The van der Waals surface area contributed by atoms with Crippen LogP contribution < -0.4 is 0 Å². The van der Waals surface area contributed by atoms with Gasteiger partial charge in [-0.25, -0.2) is 0 Å². The number of halogens is 3. The number of alkyl halides is 3. The van der Waals surface area contributed by atoms with Gasteiger partial charge in [-0.05, 0) is 36.8 Å². The first-order valence-corrected chi connectivity index (χ1v) is 7.96. The zero-order valence-electron chi connectivity index (χ0n) is 12.9. The van der Waals surface area contributed by atoms with Crippen molar-refractivity contribution in [3.8, 4) is 0 Å². The highest BCUT2D eigenvalue weighted by Crippen LogP contribution is 2.49. The Morgan fingerprint density at radius 2 is 1.83 bits per heavy atom. The van der Waals surface area contributed by atoms with E-state index in [0.29, 0.717) is 37.9 Å². The van der Waals surface area contributed by atoms with Gasteiger partial charge in [0, 0.05) is 19.0 Å². The molecule has 0 bridgehead atoms. The second-order valence-electron chi connectivity index (χ2n) is 6.51. The summed E-state index contributed by atoms with van der Waals surface area (Å²) in [6.45, 7) is 0.809. The zero-order chi connectivity index (χ0) is 17.5. The van der Waals surface area contributed by atoms with Crippen molar-refractivity contribution in [1.82, 2.24) is 4.90 Å². The van der Waals surface area contributed by atoms with Crippen molar-refractivity contribution in [2.24, 2.45) is 11.8 Å². The number of rotatable bonds is 3. The van der Waals surface area contributed by atoms with E-state index in [-0.39, 0.29) is 17.7 Å². The van der Waals surface area contributed by atoms with Gasteiger partial charge in [-0.2, -0.15) is 13.2 Å². The molecule has 1 aliphatic heterocycles. The Kier molecular flexibility index (Phi) is 4.27. The number of hydrogen-bond acceptors (Lipinski definition) is 2. The highest BCUT2D eigenvalue weighted by atomic mass is 19.4. The van der Waals surface area contributed by atoms with Gasteiger partial charge < -0.3 is 10.0 Å². The smallest absolute Gasteiger partial charge is 0.416 e. The van der Waals surface area contributed by atoms with Gasteiger partial charge in [0.2, 0.25) is 5.91 Å². The van der Waals surface area contributed by atoms with E-state index in [0.717, 1.165) is 12.1 Å². The van der Waals surface area contributed by atoms with Crippen LogP contribution in [0, 0.1) is 11.8 Å². The van der Waals surface area contributed by atoms with Crippen molar-refractivity contribution in [2.45, 2.75) is 31.4 Å². The fourth-order valence-electron chi connectivity index (χ4n) is 3.36. The Hall–Kier alpha value is -2.05. The number of carbonyl (C=O) groups excluding carboxylic acids is 1. The summed E-state index contributed by atoms with van der Waals surface area (Å²) in [5, 5.41) is 8.97. The average molecular weight is 341 g/mol. The van der Waals surface area contributed by atoms with Crippen LogP contribution in [0.2, 0.25) is 0 Å². The topological polar surface area (TPSA) is 57.6 Å². The number of piperidine rings is 1. The van der Waals surface area contributed by atoms with Gasteiger partial charge >= 0.3 is 12.1 Å². The molecule has 1 heterocycles. The SMILES string of the molecule is O=C(O)C1CCN(C(=O)[C@H]2C[C@H]2c2cccc(C(F)(F)F)c2)CC1. The summed E-state index contributed by atoms with van der Waals surface area (Å²) in [6, 6.07) is 5.15. The molecule has 4 nitrogen and oxygen atoms in total. The molecule has 1 aliphatic carbocycles. The van der Waals surface area contributed by atoms with Gasteiger partial charge in [0.25, 0.3) is 0 Å². The summed E-state index contributed by atoms with van der Waals surface area (Å²) < 4.78 is 38.3. The number of likely N-dealkylation sites (tertiary alicyclic amines) is 1. The predicted octanol–water partition coefficient (Wildman–Crippen LogP) is 3.13. The number of carboxylic acid groups (broad SMARTS) is 1. The molecule has 24 heavy (non-hydrogen) atoms. The number of amides is 1. The first-order valence-electron chi connectivity index (χ1n) is 7.96. The fourth-order valence-corrected chi connectivity index (χ4v) is 3.36. The maximum absolute atomic E-state index is 12.8. The van der Waals surface area contributed by atoms with E-state index in [2.05, 4.69) is 0 Å². The summed E-state index contributed by atoms with van der Waals surface area (Å²) in [6.07, 6.45) is -2.97. The molecule has 0 spiro atoms. The third-order valence-corrected chi connectivity index (χ3v) is 4.91. The molecular formula is C17H18F3NO3. The van der Waals surface area contributed by atoms with Crippen molar-refractivity contribution in [2.75, 3.05) is 13.1 Å². The number of hydrogen-bond donors (Lipinski definition) is 1. The first kappa shape index (κ1) is 16.8. The highest BCUT2D eigenvalue weighted by Gasteiger charge is 2.47. The van der Waals surface area contributed by atoms with Crippen LogP contribution in [-0.2, 0) is 15.8 Å². The molecule has 1 aromatic rings. The van der Waals surface area contributed by atoms with Crippen molar-refractivity contribution < 1.29 is 27.9 Å². The standard InChI is InChI=1S/C17H18F3NO3/c18-17(19,20)12-3-1-2-11(8-12)13-9-14(13)15(22)21-6-4-10(5-7-21)16(23)24/h1-3,8,10,13-14H,4-7,9H2,(H,23,24)/t13-,14-/m0/s1. The summed E-state index contributed by atoms with van der Waals surface area (Å²) in [5.41, 5.74) is -0.149. The number of benzene rings is 1. The third kappa shape index (κ3) is 3.39. The van der Waals surface area contributed by atoms with E-state index in [1.54, 1.807) is 11.0 Å². The minimum absolute atomic E-state index is 0.0683. The average Bonchev–Trinajstić information content (AvgIpc) is 3.34. The molecule has 1 aromatic carbocycles. The van der Waals surface area contributed by atoms with Crippen LogP contribution in [0.25, 0.3) is 0 Å². The van der Waals surface area contributed by atoms with Gasteiger partial charge in [-0.15, -0.1) is 0 Å². The third-order valence-electron chi connectivity index (χ3n) is 4.91. The molecular weight excluding hydrogens is 323 g/mol. The number of nitrogens with zero attached hydrogens (tertiary/aromatic N) is 1. The Bertz CT molecular complexity index is 651. The van der Waals surface area contributed by atoms with Crippen molar-refractivity contribution in [3.63, 3.8) is 0 Å². The minimum Gasteiger partial charge on any atom is -0.481 e. The second-order valence-corrected chi connectivity index (χ2v) is 6.51. The molecule has 2 atom stereocenters. The van der Waals surface area contributed by atoms with Crippen LogP contribution in [0.5, 0.6) is 0 Å². The highest BCUT2D eigenvalue weighted by molar-refractivity contribution is 5.83. The second kappa shape index (κ2) is 6.11. The largest absolute Gasteiger partial charge is 0.481 e. The van der Waals surface area contributed by atoms with E-state index < -0.39 is 23.6 Å². The van der Waals surface area contributed by atoms with Crippen LogP contribution in [0.3, 0.4) is 0 Å². The van der Waals surface area contributed by atoms with Crippen molar-refractivity contribution >= 4 is 11.9 Å². The van der Waals surface area contributed by atoms with Gasteiger partial charge in [-0.3, -0.25) is 9.59 Å². The van der Waals surface area contributed by atoms with E-state index in [9.17, 15) is 22.8 Å². The molecule has 0 aromatic heterocycles.